The van der Waals surface area contributed by atoms with Gasteiger partial charge in [0, 0.05) is 28.8 Å². The number of anilines is 1. The van der Waals surface area contributed by atoms with E-state index in [-0.39, 0.29) is 11.2 Å². The third kappa shape index (κ3) is 3.09. The van der Waals surface area contributed by atoms with Gasteiger partial charge in [0.05, 0.1) is 6.10 Å². The fraction of sp³-hybridized carbons (Fsp3) is 0.667. The third-order valence-corrected chi connectivity index (χ3v) is 4.57. The van der Waals surface area contributed by atoms with E-state index in [0.29, 0.717) is 12.6 Å². The molecule has 1 aliphatic carbocycles. The smallest absolute Gasteiger partial charge is 0.421 e. The van der Waals surface area contributed by atoms with Gasteiger partial charge in [-0.15, -0.1) is 0 Å². The van der Waals surface area contributed by atoms with Gasteiger partial charge in [-0.05, 0) is 6.42 Å². The Labute approximate surface area is 123 Å². The summed E-state index contributed by atoms with van der Waals surface area (Å²) in [5.74, 6) is -0.396. The summed E-state index contributed by atoms with van der Waals surface area (Å²) in [6.45, 7) is 3.51. The lowest BCUT2D eigenvalue weighted by atomic mass is 9.64. The fourth-order valence-electron chi connectivity index (χ4n) is 2.13. The van der Waals surface area contributed by atoms with Crippen LogP contribution in [-0.2, 0) is 17.4 Å². The van der Waals surface area contributed by atoms with Crippen molar-refractivity contribution >= 4 is 17.0 Å². The van der Waals surface area contributed by atoms with Gasteiger partial charge in [-0.3, -0.25) is 0 Å². The van der Waals surface area contributed by atoms with Gasteiger partial charge in [0.2, 0.25) is 0 Å². The number of rotatable bonds is 3. The highest BCUT2D eigenvalue weighted by Crippen LogP contribution is 2.43. The number of hydrogen-bond donors (Lipinski definition) is 2. The monoisotopic (exact) mass is 323 g/mol. The van der Waals surface area contributed by atoms with Crippen LogP contribution in [0.4, 0.5) is 19.0 Å². The molecule has 0 bridgehead atoms. The van der Waals surface area contributed by atoms with Gasteiger partial charge in [0.25, 0.3) is 0 Å². The summed E-state index contributed by atoms with van der Waals surface area (Å²) in [6, 6.07) is -0.346. The van der Waals surface area contributed by atoms with Gasteiger partial charge in [-0.25, -0.2) is 0 Å². The molecule has 2 rings (SSSR count). The van der Waals surface area contributed by atoms with Crippen molar-refractivity contribution < 1.29 is 22.8 Å². The Hall–Kier alpha value is -1.06. The van der Waals surface area contributed by atoms with Crippen molar-refractivity contribution in [3.63, 3.8) is 0 Å². The summed E-state index contributed by atoms with van der Waals surface area (Å²) >= 11 is -1.58. The van der Waals surface area contributed by atoms with Crippen molar-refractivity contribution in [1.82, 2.24) is 9.97 Å². The van der Waals surface area contributed by atoms with Gasteiger partial charge in [0.15, 0.2) is 0 Å². The molecule has 5 nitrogen and oxygen atoms in total. The predicted molar refractivity (Wildman–Crippen MR) is 71.2 cm³/mol. The Kier molecular flexibility index (Phi) is 4.11. The fourth-order valence-corrected chi connectivity index (χ4v) is 2.56. The Morgan fingerprint density at radius 3 is 2.52 bits per heavy atom. The molecular formula is C12H16F3N3O2S. The maximum absolute atomic E-state index is 13.0. The maximum atomic E-state index is 13.0. The Balaban J connectivity index is 2.34. The number of hydrogen-bond acceptors (Lipinski definition) is 5. The van der Waals surface area contributed by atoms with Gasteiger partial charge in [0.1, 0.15) is 17.6 Å². The van der Waals surface area contributed by atoms with E-state index in [1.807, 2.05) is 0 Å². The first-order valence-electron chi connectivity index (χ1n) is 6.25. The van der Waals surface area contributed by atoms with Gasteiger partial charge < -0.3 is 15.0 Å². The van der Waals surface area contributed by atoms with Crippen LogP contribution in [0.15, 0.2) is 11.4 Å². The highest BCUT2D eigenvalue weighted by molar-refractivity contribution is 7.90. The van der Waals surface area contributed by atoms with Crippen LogP contribution in [0.25, 0.3) is 0 Å². The molecule has 3 atom stereocenters. The van der Waals surface area contributed by atoms with Crippen molar-refractivity contribution in [1.29, 1.82) is 0 Å². The van der Waals surface area contributed by atoms with Crippen LogP contribution in [-0.4, -0.2) is 38.0 Å². The van der Waals surface area contributed by atoms with Crippen LogP contribution in [0.3, 0.4) is 0 Å². The summed E-state index contributed by atoms with van der Waals surface area (Å²) < 4.78 is 50.3. The third-order valence-electron chi connectivity index (χ3n) is 3.86. The lowest BCUT2D eigenvalue weighted by Crippen LogP contribution is -2.57. The van der Waals surface area contributed by atoms with E-state index in [1.165, 1.54) is 6.26 Å². The number of nitrogens with zero attached hydrogens (tertiary/aromatic N) is 2. The molecule has 0 spiro atoms. The minimum Gasteiger partial charge on any atom is -0.609 e. The molecule has 1 aliphatic rings. The van der Waals surface area contributed by atoms with E-state index in [1.54, 1.807) is 13.8 Å². The number of halogens is 3. The van der Waals surface area contributed by atoms with E-state index >= 15 is 0 Å². The molecule has 0 saturated heterocycles. The lowest BCUT2D eigenvalue weighted by Gasteiger charge is -2.49. The van der Waals surface area contributed by atoms with Gasteiger partial charge in [-0.1, -0.05) is 13.8 Å². The maximum Gasteiger partial charge on any atom is 0.421 e. The standard InChI is InChI=1S/C12H16F3N3O2S/c1-11(2)7(4-8(11)19)17-9-6(12(13,14)15)5-16-10(18-9)21(3)20/h5,7-8,19H,4H2,1-3H3,(H,16,17,18)/t7-,8+,21?/m1/s1. The first kappa shape index (κ1) is 16.3. The van der Waals surface area contributed by atoms with E-state index in [0.717, 1.165) is 0 Å². The second-order valence-corrected chi connectivity index (χ2v) is 6.91. The topological polar surface area (TPSA) is 81.1 Å². The molecule has 0 aliphatic heterocycles. The highest BCUT2D eigenvalue weighted by Gasteiger charge is 2.48. The van der Waals surface area contributed by atoms with Crippen LogP contribution in [0.5, 0.6) is 0 Å². The largest absolute Gasteiger partial charge is 0.609 e. The zero-order valence-corrected chi connectivity index (χ0v) is 12.5. The molecule has 1 aromatic rings. The molecule has 1 fully saturated rings. The normalized spacial score (nSPS) is 26.1. The van der Waals surface area contributed by atoms with Crippen LogP contribution in [0.2, 0.25) is 0 Å². The molecule has 1 unspecified atom stereocenters. The van der Waals surface area contributed by atoms with E-state index in [9.17, 15) is 22.8 Å². The number of aromatic nitrogens is 2. The summed E-state index contributed by atoms with van der Waals surface area (Å²) in [4.78, 5) is 7.21. The molecule has 1 heterocycles. The zero-order valence-electron chi connectivity index (χ0n) is 11.7. The van der Waals surface area contributed by atoms with Crippen molar-refractivity contribution in [2.75, 3.05) is 11.6 Å². The summed E-state index contributed by atoms with van der Waals surface area (Å²) in [6.07, 6.45) is -2.93. The first-order valence-corrected chi connectivity index (χ1v) is 7.81. The number of alkyl halides is 3. The summed E-state index contributed by atoms with van der Waals surface area (Å²) in [7, 11) is 0. The minimum absolute atomic E-state index is 0.164. The lowest BCUT2D eigenvalue weighted by molar-refractivity contribution is -0.137. The van der Waals surface area contributed by atoms with Crippen molar-refractivity contribution in [3.05, 3.63) is 11.8 Å². The molecule has 0 amide bonds. The van der Waals surface area contributed by atoms with E-state index < -0.39 is 40.3 Å². The van der Waals surface area contributed by atoms with Gasteiger partial charge in [-0.2, -0.15) is 23.1 Å². The molecule has 118 valence electrons. The first-order chi connectivity index (χ1) is 9.53. The number of aliphatic hydroxyl groups is 1. The molecule has 1 aromatic heterocycles. The van der Waals surface area contributed by atoms with Crippen molar-refractivity contribution in [3.8, 4) is 0 Å². The number of aliphatic hydroxyl groups excluding tert-OH is 1. The van der Waals surface area contributed by atoms with Gasteiger partial charge >= 0.3 is 11.3 Å². The second-order valence-electron chi connectivity index (χ2n) is 5.64. The Bertz CT molecular complexity index is 537. The quantitative estimate of drug-likeness (QED) is 0.655. The predicted octanol–water partition coefficient (Wildman–Crippen LogP) is 1.80. The molecule has 0 aromatic carbocycles. The van der Waals surface area contributed by atoms with Crippen LogP contribution < -0.4 is 5.32 Å². The summed E-state index contributed by atoms with van der Waals surface area (Å²) in [5.41, 5.74) is -1.56. The van der Waals surface area contributed by atoms with Crippen LogP contribution in [0, 0.1) is 5.41 Å². The zero-order chi connectivity index (χ0) is 16.0. The van der Waals surface area contributed by atoms with Crippen molar-refractivity contribution in [2.24, 2.45) is 5.41 Å². The molecule has 21 heavy (non-hydrogen) atoms. The average molecular weight is 323 g/mol. The van der Waals surface area contributed by atoms with Crippen LogP contribution in [0.1, 0.15) is 25.8 Å². The molecule has 9 heteroatoms. The average Bonchev–Trinajstić information content (AvgIpc) is 2.37. The highest BCUT2D eigenvalue weighted by atomic mass is 32.2. The number of nitrogens with one attached hydrogen (secondary N) is 1. The molecular weight excluding hydrogens is 307 g/mol. The molecule has 0 radical (unpaired) electrons. The van der Waals surface area contributed by atoms with E-state index in [2.05, 4.69) is 15.3 Å². The second kappa shape index (κ2) is 5.29. The van der Waals surface area contributed by atoms with E-state index in [4.69, 9.17) is 0 Å². The van der Waals surface area contributed by atoms with Crippen molar-refractivity contribution in [2.45, 2.75) is 43.7 Å². The molecule has 2 N–H and O–H groups in total. The molecule has 1 saturated carbocycles. The SMILES string of the molecule is C[S+]([O-])c1ncc(C(F)(F)F)c(N[C@@H]2C[C@H](O)C2(C)C)n1. The Morgan fingerprint density at radius 2 is 2.10 bits per heavy atom. The minimum atomic E-state index is -4.61. The van der Waals surface area contributed by atoms with Crippen LogP contribution >= 0.6 is 0 Å². The summed E-state index contributed by atoms with van der Waals surface area (Å²) in [5, 5.41) is 12.2. The Morgan fingerprint density at radius 1 is 1.48 bits per heavy atom.